The molecule has 0 aromatic heterocycles. The lowest BCUT2D eigenvalue weighted by Gasteiger charge is -2.26. The Labute approximate surface area is 96.0 Å². The number of amides is 1. The maximum Gasteiger partial charge on any atom is 0.241 e. The number of nitrogens with one attached hydrogen (secondary N) is 1. The molecule has 0 aliphatic heterocycles. The number of hydrogen-bond acceptors (Lipinski definition) is 2. The Hall–Kier alpha value is -1.35. The lowest BCUT2D eigenvalue weighted by atomic mass is 9.85. The third kappa shape index (κ3) is 2.61. The molecule has 1 aromatic rings. The van der Waals surface area contributed by atoms with E-state index >= 15 is 0 Å². The molecule has 0 spiro atoms. The summed E-state index contributed by atoms with van der Waals surface area (Å²) in [5.41, 5.74) is 6.74. The Morgan fingerprint density at radius 3 is 2.62 bits per heavy atom. The maximum absolute atomic E-state index is 11.8. The van der Waals surface area contributed by atoms with Crippen LogP contribution in [0.15, 0.2) is 30.3 Å². The van der Waals surface area contributed by atoms with Crippen LogP contribution in [0.2, 0.25) is 0 Å². The van der Waals surface area contributed by atoms with E-state index in [0.717, 1.165) is 12.1 Å². The Morgan fingerprint density at radius 1 is 1.38 bits per heavy atom. The average Bonchev–Trinajstić information content (AvgIpc) is 2.27. The van der Waals surface area contributed by atoms with E-state index in [1.54, 1.807) is 0 Å². The fraction of sp³-hybridized carbons (Fsp3) is 0.462. The first-order valence-corrected chi connectivity index (χ1v) is 5.85. The van der Waals surface area contributed by atoms with Crippen molar-refractivity contribution in [2.24, 2.45) is 11.7 Å². The molecule has 0 bridgehead atoms. The molecule has 0 saturated heterocycles. The highest BCUT2D eigenvalue weighted by Crippen LogP contribution is 2.25. The Morgan fingerprint density at radius 2 is 2.06 bits per heavy atom. The van der Waals surface area contributed by atoms with Gasteiger partial charge in [0.1, 0.15) is 6.04 Å². The standard InChI is InChI=1S/C13H18N2O/c14-12(11-7-2-1-3-8-11)13(16)15-9-10-5-4-6-10/h1-3,7-8,10,12H,4-6,9,14H2,(H,15,16). The van der Waals surface area contributed by atoms with Crippen molar-refractivity contribution in [3.8, 4) is 0 Å². The van der Waals surface area contributed by atoms with Crippen LogP contribution >= 0.6 is 0 Å². The first kappa shape index (κ1) is 11.1. The molecule has 0 heterocycles. The molecule has 1 atom stereocenters. The summed E-state index contributed by atoms with van der Waals surface area (Å²) in [6, 6.07) is 8.94. The quantitative estimate of drug-likeness (QED) is 0.806. The van der Waals surface area contributed by atoms with Crippen molar-refractivity contribution in [1.29, 1.82) is 0 Å². The molecule has 1 aromatic carbocycles. The Bertz CT molecular complexity index is 346. The number of carbonyl (C=O) groups is 1. The molecule has 2 rings (SSSR count). The molecule has 3 nitrogen and oxygen atoms in total. The summed E-state index contributed by atoms with van der Waals surface area (Å²) in [6.45, 7) is 0.777. The third-order valence-electron chi connectivity index (χ3n) is 3.23. The molecule has 16 heavy (non-hydrogen) atoms. The molecule has 3 N–H and O–H groups in total. The second-order valence-corrected chi connectivity index (χ2v) is 4.43. The predicted octanol–water partition coefficient (Wildman–Crippen LogP) is 1.60. The second kappa shape index (κ2) is 5.12. The summed E-state index contributed by atoms with van der Waals surface area (Å²) in [7, 11) is 0. The molecular weight excluding hydrogens is 200 g/mol. The molecular formula is C13H18N2O. The van der Waals surface area contributed by atoms with Gasteiger partial charge in [-0.3, -0.25) is 4.79 Å². The van der Waals surface area contributed by atoms with Gasteiger partial charge in [0, 0.05) is 6.54 Å². The van der Waals surface area contributed by atoms with Gasteiger partial charge in [-0.15, -0.1) is 0 Å². The summed E-state index contributed by atoms with van der Waals surface area (Å²) in [6.07, 6.45) is 3.77. The molecule has 1 aliphatic carbocycles. The summed E-state index contributed by atoms with van der Waals surface area (Å²) in [5, 5.41) is 2.92. The first-order chi connectivity index (χ1) is 7.77. The van der Waals surface area contributed by atoms with E-state index < -0.39 is 6.04 Å². The molecule has 86 valence electrons. The largest absolute Gasteiger partial charge is 0.354 e. The molecule has 0 radical (unpaired) electrons. The van der Waals surface area contributed by atoms with Crippen LogP contribution in [-0.2, 0) is 4.79 Å². The number of rotatable bonds is 4. The van der Waals surface area contributed by atoms with Crippen molar-refractivity contribution >= 4 is 5.91 Å². The van der Waals surface area contributed by atoms with Gasteiger partial charge in [-0.1, -0.05) is 36.8 Å². The molecule has 1 amide bonds. The van der Waals surface area contributed by atoms with Gasteiger partial charge < -0.3 is 11.1 Å². The molecule has 1 unspecified atom stereocenters. The van der Waals surface area contributed by atoms with E-state index in [1.807, 2.05) is 30.3 Å². The van der Waals surface area contributed by atoms with Crippen LogP contribution < -0.4 is 11.1 Å². The summed E-state index contributed by atoms with van der Waals surface area (Å²) in [5.74, 6) is 0.602. The monoisotopic (exact) mass is 218 g/mol. The van der Waals surface area contributed by atoms with Gasteiger partial charge in [0.2, 0.25) is 5.91 Å². The highest BCUT2D eigenvalue weighted by atomic mass is 16.2. The van der Waals surface area contributed by atoms with E-state index in [9.17, 15) is 4.79 Å². The van der Waals surface area contributed by atoms with E-state index in [1.165, 1.54) is 19.3 Å². The zero-order valence-electron chi connectivity index (χ0n) is 9.36. The highest BCUT2D eigenvalue weighted by Gasteiger charge is 2.20. The normalized spacial score (nSPS) is 17.6. The fourth-order valence-corrected chi connectivity index (χ4v) is 1.86. The fourth-order valence-electron chi connectivity index (χ4n) is 1.86. The number of nitrogens with two attached hydrogens (primary N) is 1. The van der Waals surface area contributed by atoms with E-state index in [4.69, 9.17) is 5.73 Å². The van der Waals surface area contributed by atoms with Gasteiger partial charge >= 0.3 is 0 Å². The SMILES string of the molecule is NC(C(=O)NCC1CCC1)c1ccccc1. The van der Waals surface area contributed by atoms with Gasteiger partial charge in [0.15, 0.2) is 0 Å². The highest BCUT2D eigenvalue weighted by molar-refractivity contribution is 5.82. The van der Waals surface area contributed by atoms with Crippen molar-refractivity contribution in [2.45, 2.75) is 25.3 Å². The smallest absolute Gasteiger partial charge is 0.241 e. The average molecular weight is 218 g/mol. The van der Waals surface area contributed by atoms with E-state index in [-0.39, 0.29) is 5.91 Å². The minimum absolute atomic E-state index is 0.0712. The Balaban J connectivity index is 1.84. The minimum atomic E-state index is -0.540. The van der Waals surface area contributed by atoms with Crippen molar-refractivity contribution in [1.82, 2.24) is 5.32 Å². The van der Waals surface area contributed by atoms with Gasteiger partial charge in [-0.25, -0.2) is 0 Å². The van der Waals surface area contributed by atoms with Crippen molar-refractivity contribution in [3.63, 3.8) is 0 Å². The Kier molecular flexibility index (Phi) is 3.57. The second-order valence-electron chi connectivity index (χ2n) is 4.43. The molecule has 1 aliphatic rings. The van der Waals surface area contributed by atoms with Gasteiger partial charge in [0.25, 0.3) is 0 Å². The maximum atomic E-state index is 11.8. The number of carbonyl (C=O) groups excluding carboxylic acids is 1. The summed E-state index contributed by atoms with van der Waals surface area (Å²) in [4.78, 5) is 11.8. The van der Waals surface area contributed by atoms with Gasteiger partial charge in [-0.05, 0) is 24.3 Å². The summed E-state index contributed by atoms with van der Waals surface area (Å²) < 4.78 is 0. The summed E-state index contributed by atoms with van der Waals surface area (Å²) >= 11 is 0. The van der Waals surface area contributed by atoms with Crippen LogP contribution in [0.1, 0.15) is 30.9 Å². The zero-order valence-corrected chi connectivity index (χ0v) is 9.36. The van der Waals surface area contributed by atoms with Crippen LogP contribution in [0.4, 0.5) is 0 Å². The van der Waals surface area contributed by atoms with E-state index in [0.29, 0.717) is 5.92 Å². The van der Waals surface area contributed by atoms with Crippen molar-refractivity contribution in [3.05, 3.63) is 35.9 Å². The van der Waals surface area contributed by atoms with Gasteiger partial charge in [-0.2, -0.15) is 0 Å². The predicted molar refractivity (Wildman–Crippen MR) is 63.7 cm³/mol. The third-order valence-corrected chi connectivity index (χ3v) is 3.23. The zero-order chi connectivity index (χ0) is 11.4. The van der Waals surface area contributed by atoms with Crippen LogP contribution in [0.5, 0.6) is 0 Å². The van der Waals surface area contributed by atoms with Crippen LogP contribution in [0, 0.1) is 5.92 Å². The van der Waals surface area contributed by atoms with E-state index in [2.05, 4.69) is 5.32 Å². The topological polar surface area (TPSA) is 55.1 Å². The minimum Gasteiger partial charge on any atom is -0.354 e. The van der Waals surface area contributed by atoms with Crippen LogP contribution in [-0.4, -0.2) is 12.5 Å². The molecule has 1 saturated carbocycles. The van der Waals surface area contributed by atoms with Crippen molar-refractivity contribution in [2.75, 3.05) is 6.54 Å². The number of benzene rings is 1. The first-order valence-electron chi connectivity index (χ1n) is 5.85. The lowest BCUT2D eigenvalue weighted by Crippen LogP contribution is -2.38. The number of hydrogen-bond donors (Lipinski definition) is 2. The van der Waals surface area contributed by atoms with Crippen molar-refractivity contribution < 1.29 is 4.79 Å². The lowest BCUT2D eigenvalue weighted by molar-refractivity contribution is -0.122. The molecule has 3 heteroatoms. The van der Waals surface area contributed by atoms with Crippen LogP contribution in [0.25, 0.3) is 0 Å². The molecule has 1 fully saturated rings. The van der Waals surface area contributed by atoms with Gasteiger partial charge in [0.05, 0.1) is 0 Å². The van der Waals surface area contributed by atoms with Crippen LogP contribution in [0.3, 0.4) is 0 Å².